The van der Waals surface area contributed by atoms with Crippen molar-refractivity contribution < 1.29 is 0 Å². The number of unbranched alkanes of at least 4 members (excludes halogenated alkanes) is 1. The van der Waals surface area contributed by atoms with Gasteiger partial charge in [-0.15, -0.1) is 0 Å². The minimum absolute atomic E-state index is 0.838. The summed E-state index contributed by atoms with van der Waals surface area (Å²) >= 11 is 0. The number of para-hydroxylation sites is 1. The van der Waals surface area contributed by atoms with Crippen molar-refractivity contribution in [1.82, 2.24) is 5.32 Å². The molecule has 0 atom stereocenters. The fourth-order valence-corrected chi connectivity index (χ4v) is 2.75. The van der Waals surface area contributed by atoms with E-state index in [0.29, 0.717) is 0 Å². The van der Waals surface area contributed by atoms with Gasteiger partial charge in [-0.3, -0.25) is 0 Å². The van der Waals surface area contributed by atoms with Crippen LogP contribution in [0.1, 0.15) is 50.7 Å². The fraction of sp³-hybridized carbons (Fsp3) is 0.647. The maximum atomic E-state index is 3.59. The van der Waals surface area contributed by atoms with Gasteiger partial charge in [0.1, 0.15) is 0 Å². The molecule has 0 bridgehead atoms. The second-order valence-electron chi connectivity index (χ2n) is 6.05. The molecule has 0 radical (unpaired) electrons. The fourth-order valence-electron chi connectivity index (χ4n) is 2.75. The Morgan fingerprint density at radius 1 is 1.26 bits per heavy atom. The van der Waals surface area contributed by atoms with Crippen LogP contribution in [0.2, 0.25) is 0 Å². The molecule has 0 fully saturated rings. The molecule has 2 heteroatoms. The highest BCUT2D eigenvalue weighted by Gasteiger charge is 2.11. The molecule has 0 saturated heterocycles. The van der Waals surface area contributed by atoms with Crippen LogP contribution in [0.3, 0.4) is 0 Å². The van der Waals surface area contributed by atoms with Gasteiger partial charge >= 0.3 is 0 Å². The van der Waals surface area contributed by atoms with Gasteiger partial charge in [0.15, 0.2) is 0 Å². The Morgan fingerprint density at radius 3 is 3.00 bits per heavy atom. The van der Waals surface area contributed by atoms with Crippen LogP contribution in [-0.2, 0) is 13.0 Å². The third kappa shape index (κ3) is 4.54. The van der Waals surface area contributed by atoms with Gasteiger partial charge in [0.05, 0.1) is 0 Å². The molecule has 0 saturated carbocycles. The standard InChI is InChI=1S/C17H28N2/c1-14(2)7-3-4-11-18-13-16-9-5-8-15-10-6-12-19-17(15)16/h5,8-9,14,18-19H,3-4,6-7,10-13H2,1-2H3. The number of fused-ring (bicyclic) bond motifs is 1. The van der Waals surface area contributed by atoms with Gasteiger partial charge in [0, 0.05) is 18.8 Å². The lowest BCUT2D eigenvalue weighted by molar-refractivity contribution is 0.520. The molecule has 0 spiro atoms. The number of nitrogens with one attached hydrogen (secondary N) is 2. The second-order valence-corrected chi connectivity index (χ2v) is 6.05. The average molecular weight is 260 g/mol. The second kappa shape index (κ2) is 7.54. The summed E-state index contributed by atoms with van der Waals surface area (Å²) in [6.07, 6.45) is 6.48. The molecule has 19 heavy (non-hydrogen) atoms. The van der Waals surface area contributed by atoms with Crippen LogP contribution >= 0.6 is 0 Å². The summed E-state index contributed by atoms with van der Waals surface area (Å²) in [5.41, 5.74) is 4.31. The third-order valence-corrected chi connectivity index (χ3v) is 3.86. The summed E-state index contributed by atoms with van der Waals surface area (Å²) in [5, 5.41) is 7.14. The van der Waals surface area contributed by atoms with Gasteiger partial charge in [0.2, 0.25) is 0 Å². The molecule has 0 amide bonds. The maximum absolute atomic E-state index is 3.59. The zero-order valence-corrected chi connectivity index (χ0v) is 12.5. The summed E-state index contributed by atoms with van der Waals surface area (Å²) in [7, 11) is 0. The highest BCUT2D eigenvalue weighted by atomic mass is 14.9. The Hall–Kier alpha value is -1.02. The lowest BCUT2D eigenvalue weighted by Crippen LogP contribution is -2.19. The predicted molar refractivity (Wildman–Crippen MR) is 83.6 cm³/mol. The van der Waals surface area contributed by atoms with E-state index in [1.54, 1.807) is 0 Å². The van der Waals surface area contributed by atoms with Crippen molar-refractivity contribution in [2.24, 2.45) is 5.92 Å². The van der Waals surface area contributed by atoms with Crippen LogP contribution in [0.25, 0.3) is 0 Å². The molecule has 2 rings (SSSR count). The van der Waals surface area contributed by atoms with E-state index in [0.717, 1.165) is 25.6 Å². The molecule has 0 aliphatic carbocycles. The zero-order valence-electron chi connectivity index (χ0n) is 12.5. The molecular formula is C17H28N2. The van der Waals surface area contributed by atoms with Crippen molar-refractivity contribution in [3.8, 4) is 0 Å². The number of benzene rings is 1. The highest BCUT2D eigenvalue weighted by molar-refractivity contribution is 5.59. The lowest BCUT2D eigenvalue weighted by atomic mass is 9.99. The van der Waals surface area contributed by atoms with E-state index < -0.39 is 0 Å². The maximum Gasteiger partial charge on any atom is 0.0418 e. The van der Waals surface area contributed by atoms with Crippen molar-refractivity contribution in [2.75, 3.05) is 18.4 Å². The first kappa shape index (κ1) is 14.4. The van der Waals surface area contributed by atoms with E-state index in [1.807, 2.05) is 0 Å². The van der Waals surface area contributed by atoms with Crippen molar-refractivity contribution in [3.63, 3.8) is 0 Å². The van der Waals surface area contributed by atoms with Crippen LogP contribution in [0.4, 0.5) is 5.69 Å². The molecule has 106 valence electrons. The molecule has 1 aliphatic heterocycles. The Labute approximate surface area is 118 Å². The minimum Gasteiger partial charge on any atom is -0.385 e. The van der Waals surface area contributed by atoms with Crippen molar-refractivity contribution in [1.29, 1.82) is 0 Å². The Balaban J connectivity index is 1.74. The molecule has 1 aromatic rings. The SMILES string of the molecule is CC(C)CCCCNCc1cccc2c1NCCC2. The quantitative estimate of drug-likeness (QED) is 0.725. The number of hydrogen-bond donors (Lipinski definition) is 2. The average Bonchev–Trinajstić information content (AvgIpc) is 2.42. The third-order valence-electron chi connectivity index (χ3n) is 3.86. The minimum atomic E-state index is 0.838. The van der Waals surface area contributed by atoms with Crippen molar-refractivity contribution in [2.45, 2.75) is 52.5 Å². The van der Waals surface area contributed by atoms with Gasteiger partial charge in [-0.05, 0) is 42.9 Å². The van der Waals surface area contributed by atoms with Crippen LogP contribution < -0.4 is 10.6 Å². The monoisotopic (exact) mass is 260 g/mol. The van der Waals surface area contributed by atoms with Crippen molar-refractivity contribution in [3.05, 3.63) is 29.3 Å². The van der Waals surface area contributed by atoms with E-state index in [2.05, 4.69) is 42.7 Å². The van der Waals surface area contributed by atoms with E-state index in [4.69, 9.17) is 0 Å². The molecule has 2 N–H and O–H groups in total. The number of hydrogen-bond acceptors (Lipinski definition) is 2. The number of aryl methyl sites for hydroxylation is 1. The van der Waals surface area contributed by atoms with Crippen LogP contribution in [-0.4, -0.2) is 13.1 Å². The van der Waals surface area contributed by atoms with Crippen LogP contribution in [0.5, 0.6) is 0 Å². The Bertz CT molecular complexity index is 385. The number of anilines is 1. The normalized spacial score (nSPS) is 14.3. The summed E-state index contributed by atoms with van der Waals surface area (Å²) in [5.74, 6) is 0.838. The Kier molecular flexibility index (Phi) is 5.71. The first-order chi connectivity index (χ1) is 9.27. The predicted octanol–water partition coefficient (Wildman–Crippen LogP) is 3.96. The van der Waals surface area contributed by atoms with E-state index in [9.17, 15) is 0 Å². The van der Waals surface area contributed by atoms with Gasteiger partial charge in [-0.25, -0.2) is 0 Å². The number of rotatable bonds is 7. The lowest BCUT2D eigenvalue weighted by Gasteiger charge is -2.21. The first-order valence-electron chi connectivity index (χ1n) is 7.82. The first-order valence-corrected chi connectivity index (χ1v) is 7.82. The summed E-state index contributed by atoms with van der Waals surface area (Å²) in [4.78, 5) is 0. The largest absolute Gasteiger partial charge is 0.385 e. The Morgan fingerprint density at radius 2 is 2.16 bits per heavy atom. The summed E-state index contributed by atoms with van der Waals surface area (Å²) < 4.78 is 0. The van der Waals surface area contributed by atoms with Crippen LogP contribution in [0.15, 0.2) is 18.2 Å². The van der Waals surface area contributed by atoms with Gasteiger partial charge in [-0.2, -0.15) is 0 Å². The molecule has 2 nitrogen and oxygen atoms in total. The van der Waals surface area contributed by atoms with E-state index in [-0.39, 0.29) is 0 Å². The zero-order chi connectivity index (χ0) is 13.5. The summed E-state index contributed by atoms with van der Waals surface area (Å²) in [6, 6.07) is 6.70. The highest BCUT2D eigenvalue weighted by Crippen LogP contribution is 2.25. The van der Waals surface area contributed by atoms with Gasteiger partial charge in [-0.1, -0.05) is 44.9 Å². The molecule has 0 unspecified atom stereocenters. The molecule has 1 aliphatic rings. The van der Waals surface area contributed by atoms with E-state index >= 15 is 0 Å². The summed E-state index contributed by atoms with van der Waals surface area (Å²) in [6.45, 7) is 7.86. The molecular weight excluding hydrogens is 232 g/mol. The molecule has 1 aromatic carbocycles. The van der Waals surface area contributed by atoms with Gasteiger partial charge in [0.25, 0.3) is 0 Å². The van der Waals surface area contributed by atoms with Crippen LogP contribution in [0, 0.1) is 5.92 Å². The van der Waals surface area contributed by atoms with E-state index in [1.165, 1.54) is 48.9 Å². The molecule has 1 heterocycles. The molecule has 0 aromatic heterocycles. The van der Waals surface area contributed by atoms with Crippen molar-refractivity contribution >= 4 is 5.69 Å². The van der Waals surface area contributed by atoms with Gasteiger partial charge < -0.3 is 10.6 Å². The smallest absolute Gasteiger partial charge is 0.0418 e. The topological polar surface area (TPSA) is 24.1 Å².